The van der Waals surface area contributed by atoms with Gasteiger partial charge in [-0.2, -0.15) is 0 Å². The van der Waals surface area contributed by atoms with Gasteiger partial charge in [-0.15, -0.1) is 0 Å². The lowest BCUT2D eigenvalue weighted by Crippen LogP contribution is -2.49. The molecule has 0 N–H and O–H groups in total. The van der Waals surface area contributed by atoms with Crippen molar-refractivity contribution in [1.82, 2.24) is 4.90 Å². The Balaban J connectivity index is 1.42. The summed E-state index contributed by atoms with van der Waals surface area (Å²) >= 11 is 0. The van der Waals surface area contributed by atoms with Crippen LogP contribution in [0.5, 0.6) is 0 Å². The van der Waals surface area contributed by atoms with Crippen LogP contribution >= 0.6 is 0 Å². The molecular weight excluding hydrogens is 374 g/mol. The fourth-order valence-corrected chi connectivity index (χ4v) is 4.38. The van der Waals surface area contributed by atoms with E-state index in [0.29, 0.717) is 32.9 Å². The lowest BCUT2D eigenvalue weighted by Gasteiger charge is -2.29. The Morgan fingerprint density at radius 1 is 1.21 bits per heavy atom. The highest BCUT2D eigenvalue weighted by molar-refractivity contribution is 5.87. The minimum atomic E-state index is -0.875. The average molecular weight is 399 g/mol. The van der Waals surface area contributed by atoms with Crippen LogP contribution in [0.25, 0.3) is 0 Å². The summed E-state index contributed by atoms with van der Waals surface area (Å²) in [5, 5.41) is 0. The molecule has 2 bridgehead atoms. The van der Waals surface area contributed by atoms with Crippen molar-refractivity contribution in [3.63, 3.8) is 0 Å². The molecule has 0 radical (unpaired) electrons. The second kappa shape index (κ2) is 7.94. The number of nitrogens with zero attached hydrogens (tertiary/aromatic N) is 1. The quantitative estimate of drug-likeness (QED) is 0.303. The molecule has 0 aliphatic carbocycles. The maximum atomic E-state index is 12.6. The molecule has 0 aromatic rings. The van der Waals surface area contributed by atoms with Gasteiger partial charge in [-0.1, -0.05) is 0 Å². The van der Waals surface area contributed by atoms with Crippen molar-refractivity contribution in [3.05, 3.63) is 0 Å². The number of esters is 3. The van der Waals surface area contributed by atoms with Crippen molar-refractivity contribution in [1.29, 1.82) is 0 Å². The lowest BCUT2D eigenvalue weighted by atomic mass is 9.78. The molecule has 7 atom stereocenters. The number of carbonyl (C=O) groups excluding carboxylic acids is 3. The van der Waals surface area contributed by atoms with E-state index in [1.807, 2.05) is 4.90 Å². The first-order valence-corrected chi connectivity index (χ1v) is 9.67. The van der Waals surface area contributed by atoms with Gasteiger partial charge >= 0.3 is 17.9 Å². The van der Waals surface area contributed by atoms with Gasteiger partial charge in [0.1, 0.15) is 24.0 Å². The number of carbonyl (C=O) groups is 3. The summed E-state index contributed by atoms with van der Waals surface area (Å²) in [5.74, 6) is -3.18. The van der Waals surface area contributed by atoms with Crippen LogP contribution in [-0.2, 0) is 42.8 Å². The molecule has 10 heteroatoms. The minimum absolute atomic E-state index is 0.109. The van der Waals surface area contributed by atoms with E-state index in [1.54, 1.807) is 13.8 Å². The highest BCUT2D eigenvalue weighted by Gasteiger charge is 2.72. The Morgan fingerprint density at radius 2 is 1.96 bits per heavy atom. The van der Waals surface area contributed by atoms with E-state index in [2.05, 4.69) is 0 Å². The maximum absolute atomic E-state index is 12.6. The Kier molecular flexibility index (Phi) is 5.55. The fourth-order valence-electron chi connectivity index (χ4n) is 4.38. The zero-order chi connectivity index (χ0) is 19.8. The topological polar surface area (TPSA) is 110 Å². The average Bonchev–Trinajstić information content (AvgIpc) is 3.26. The van der Waals surface area contributed by atoms with E-state index in [1.165, 1.54) is 0 Å². The summed E-state index contributed by atoms with van der Waals surface area (Å²) in [4.78, 5) is 39.2. The van der Waals surface area contributed by atoms with Gasteiger partial charge in [0.2, 0.25) is 0 Å². The van der Waals surface area contributed by atoms with Crippen molar-refractivity contribution in [2.24, 2.45) is 11.8 Å². The SMILES string of the molecule is CCOC(C)OC(=O)C1C2OC3C(OC(=O)C31)C2OC(=O)CN1CCOCC1. The normalized spacial score (nSPS) is 37.6. The van der Waals surface area contributed by atoms with Gasteiger partial charge in [0.15, 0.2) is 18.5 Å². The third-order valence-electron chi connectivity index (χ3n) is 5.58. The predicted octanol–water partition coefficient (Wildman–Crippen LogP) is -0.905. The molecule has 4 heterocycles. The van der Waals surface area contributed by atoms with Crippen molar-refractivity contribution in [2.75, 3.05) is 39.5 Å². The van der Waals surface area contributed by atoms with Gasteiger partial charge in [-0.3, -0.25) is 19.3 Å². The fraction of sp³-hybridized carbons (Fsp3) is 0.833. The van der Waals surface area contributed by atoms with Crippen molar-refractivity contribution in [2.45, 2.75) is 44.6 Å². The van der Waals surface area contributed by atoms with E-state index < -0.39 is 60.4 Å². The summed E-state index contributed by atoms with van der Waals surface area (Å²) in [6.45, 7) is 6.31. The van der Waals surface area contributed by atoms with Gasteiger partial charge in [0.25, 0.3) is 0 Å². The molecule has 156 valence electrons. The van der Waals surface area contributed by atoms with Gasteiger partial charge in [-0.05, 0) is 13.8 Å². The number of hydrogen-bond donors (Lipinski definition) is 0. The molecule has 7 unspecified atom stereocenters. The van der Waals surface area contributed by atoms with Crippen LogP contribution < -0.4 is 0 Å². The van der Waals surface area contributed by atoms with Crippen molar-refractivity contribution in [3.8, 4) is 0 Å². The maximum Gasteiger partial charge on any atom is 0.320 e. The van der Waals surface area contributed by atoms with Crippen LogP contribution in [0.2, 0.25) is 0 Å². The number of ether oxygens (including phenoxy) is 6. The van der Waals surface area contributed by atoms with E-state index >= 15 is 0 Å². The van der Waals surface area contributed by atoms with E-state index in [4.69, 9.17) is 28.4 Å². The summed E-state index contributed by atoms with van der Waals surface area (Å²) < 4.78 is 32.6. The highest BCUT2D eigenvalue weighted by atomic mass is 16.7. The van der Waals surface area contributed by atoms with Crippen molar-refractivity contribution < 1.29 is 42.8 Å². The van der Waals surface area contributed by atoms with E-state index in [0.717, 1.165) is 0 Å². The van der Waals surface area contributed by atoms with E-state index in [-0.39, 0.29) is 6.54 Å². The third kappa shape index (κ3) is 3.49. The Labute approximate surface area is 162 Å². The Hall–Kier alpha value is -1.75. The summed E-state index contributed by atoms with van der Waals surface area (Å²) in [6.07, 6.45) is -3.60. The zero-order valence-electron chi connectivity index (χ0n) is 15.9. The smallest absolute Gasteiger partial charge is 0.320 e. The Morgan fingerprint density at radius 3 is 2.68 bits per heavy atom. The predicted molar refractivity (Wildman–Crippen MR) is 89.8 cm³/mol. The lowest BCUT2D eigenvalue weighted by molar-refractivity contribution is -0.185. The van der Waals surface area contributed by atoms with E-state index in [9.17, 15) is 14.4 Å². The molecule has 0 aromatic heterocycles. The van der Waals surface area contributed by atoms with Gasteiger partial charge in [-0.25, -0.2) is 0 Å². The number of hydrogen-bond acceptors (Lipinski definition) is 10. The summed E-state index contributed by atoms with van der Waals surface area (Å²) in [7, 11) is 0. The summed E-state index contributed by atoms with van der Waals surface area (Å²) in [5.41, 5.74) is 0. The van der Waals surface area contributed by atoms with Gasteiger partial charge < -0.3 is 28.4 Å². The zero-order valence-corrected chi connectivity index (χ0v) is 15.9. The standard InChI is InChI=1S/C18H25NO9/c1-3-24-9(2)25-17(21)11-12-14-16(28-18(12)22)15(13(11)27-14)26-10(20)8-19-4-6-23-7-5-19/h9,11-16H,3-8H2,1-2H3. The molecule has 0 amide bonds. The molecule has 4 aliphatic heterocycles. The second-order valence-corrected chi connectivity index (χ2v) is 7.32. The first kappa shape index (κ1) is 19.6. The number of morpholine rings is 1. The first-order chi connectivity index (χ1) is 13.5. The van der Waals surface area contributed by atoms with Crippen LogP contribution in [0.1, 0.15) is 13.8 Å². The molecule has 4 aliphatic rings. The molecular formula is C18H25NO9. The summed E-state index contributed by atoms with van der Waals surface area (Å²) in [6, 6.07) is 0. The molecule has 4 rings (SSSR count). The molecule has 4 fully saturated rings. The first-order valence-electron chi connectivity index (χ1n) is 9.67. The van der Waals surface area contributed by atoms with Gasteiger partial charge in [0.05, 0.1) is 19.8 Å². The van der Waals surface area contributed by atoms with Crippen LogP contribution in [0.4, 0.5) is 0 Å². The molecule has 0 saturated carbocycles. The minimum Gasteiger partial charge on any atom is -0.455 e. The number of rotatable bonds is 7. The van der Waals surface area contributed by atoms with Crippen LogP contribution in [-0.4, -0.2) is 93.0 Å². The molecule has 0 spiro atoms. The third-order valence-corrected chi connectivity index (χ3v) is 5.58. The largest absolute Gasteiger partial charge is 0.455 e. The second-order valence-electron chi connectivity index (χ2n) is 7.32. The molecule has 0 aromatic carbocycles. The molecule has 28 heavy (non-hydrogen) atoms. The number of fused-ring (bicyclic) bond motifs is 1. The van der Waals surface area contributed by atoms with Crippen LogP contribution in [0.3, 0.4) is 0 Å². The van der Waals surface area contributed by atoms with Crippen molar-refractivity contribution >= 4 is 17.9 Å². The van der Waals surface area contributed by atoms with Gasteiger partial charge in [0, 0.05) is 19.7 Å². The Bertz CT molecular complexity index is 635. The molecule has 4 saturated heterocycles. The van der Waals surface area contributed by atoms with Crippen LogP contribution in [0.15, 0.2) is 0 Å². The highest BCUT2D eigenvalue weighted by Crippen LogP contribution is 2.51. The monoisotopic (exact) mass is 399 g/mol. The molecule has 10 nitrogen and oxygen atoms in total. The van der Waals surface area contributed by atoms with Crippen LogP contribution in [0, 0.1) is 11.8 Å².